The molecular weight excluding hydrogens is 290 g/mol. The summed E-state index contributed by atoms with van der Waals surface area (Å²) in [5, 5.41) is 0. The lowest BCUT2D eigenvalue weighted by Gasteiger charge is -2.45. The van der Waals surface area contributed by atoms with Crippen LogP contribution in [0.5, 0.6) is 0 Å². The highest BCUT2D eigenvalue weighted by Crippen LogP contribution is 2.41. The molecule has 2 saturated heterocycles. The molecule has 1 aliphatic carbocycles. The quantitative estimate of drug-likeness (QED) is 0.862. The van der Waals surface area contributed by atoms with Crippen molar-refractivity contribution in [1.29, 1.82) is 0 Å². The standard InChI is InChI=1S/C17H27N5O/c18-13-8-12(9-13)14-10-15(21-16(19)20-14)22-5-1-2-17(11-22)3-6-23-7-4-17/h10,12-13H,1-9,11,18H2,(H2,19,20,21). The molecule has 1 spiro atoms. The van der Waals surface area contributed by atoms with E-state index in [4.69, 9.17) is 16.2 Å². The van der Waals surface area contributed by atoms with Gasteiger partial charge >= 0.3 is 0 Å². The Morgan fingerprint density at radius 3 is 2.70 bits per heavy atom. The van der Waals surface area contributed by atoms with Gasteiger partial charge < -0.3 is 21.1 Å². The molecule has 0 atom stereocenters. The van der Waals surface area contributed by atoms with Crippen LogP contribution in [0.25, 0.3) is 0 Å². The SMILES string of the molecule is Nc1nc(C2CC(N)C2)cc(N2CCCC3(CCOCC3)C2)n1. The highest BCUT2D eigenvalue weighted by molar-refractivity contribution is 5.45. The van der Waals surface area contributed by atoms with E-state index >= 15 is 0 Å². The van der Waals surface area contributed by atoms with E-state index in [1.165, 1.54) is 12.8 Å². The summed E-state index contributed by atoms with van der Waals surface area (Å²) in [6.45, 7) is 3.91. The Morgan fingerprint density at radius 2 is 1.96 bits per heavy atom. The summed E-state index contributed by atoms with van der Waals surface area (Å²) in [5.74, 6) is 1.85. The van der Waals surface area contributed by atoms with Crippen LogP contribution < -0.4 is 16.4 Å². The van der Waals surface area contributed by atoms with E-state index in [9.17, 15) is 0 Å². The van der Waals surface area contributed by atoms with Gasteiger partial charge in [-0.2, -0.15) is 4.98 Å². The second kappa shape index (κ2) is 5.91. The molecule has 0 amide bonds. The Balaban J connectivity index is 1.54. The Kier molecular flexibility index (Phi) is 3.89. The normalized spacial score (nSPS) is 30.2. The van der Waals surface area contributed by atoms with Gasteiger partial charge in [-0.15, -0.1) is 0 Å². The lowest BCUT2D eigenvalue weighted by atomic mass is 9.74. The molecule has 3 fully saturated rings. The van der Waals surface area contributed by atoms with E-state index in [0.29, 0.717) is 23.3 Å². The molecule has 4 N–H and O–H groups in total. The molecule has 0 bridgehead atoms. The van der Waals surface area contributed by atoms with Crippen LogP contribution in [0.1, 0.15) is 50.1 Å². The van der Waals surface area contributed by atoms with Gasteiger partial charge in [-0.05, 0) is 43.9 Å². The summed E-state index contributed by atoms with van der Waals surface area (Å²) in [4.78, 5) is 11.4. The number of ether oxygens (including phenoxy) is 1. The van der Waals surface area contributed by atoms with Crippen LogP contribution in [-0.4, -0.2) is 42.3 Å². The summed E-state index contributed by atoms with van der Waals surface area (Å²) >= 11 is 0. The van der Waals surface area contributed by atoms with Crippen molar-refractivity contribution in [2.75, 3.05) is 36.9 Å². The lowest BCUT2D eigenvalue weighted by Crippen LogP contribution is -2.46. The zero-order chi connectivity index (χ0) is 15.9. The fraction of sp³-hybridized carbons (Fsp3) is 0.765. The fourth-order valence-corrected chi connectivity index (χ4v) is 4.36. The number of nitrogens with two attached hydrogens (primary N) is 2. The molecule has 6 heteroatoms. The second-order valence-electron chi connectivity index (χ2n) is 7.58. The Morgan fingerprint density at radius 1 is 1.17 bits per heavy atom. The van der Waals surface area contributed by atoms with Crippen LogP contribution in [0.15, 0.2) is 6.07 Å². The van der Waals surface area contributed by atoms with Crippen molar-refractivity contribution >= 4 is 11.8 Å². The molecule has 126 valence electrons. The van der Waals surface area contributed by atoms with Crippen molar-refractivity contribution in [2.45, 2.75) is 50.5 Å². The van der Waals surface area contributed by atoms with Gasteiger partial charge in [-0.25, -0.2) is 4.98 Å². The smallest absolute Gasteiger partial charge is 0.222 e. The van der Waals surface area contributed by atoms with E-state index in [1.807, 2.05) is 0 Å². The Bertz CT molecular complexity index is 561. The van der Waals surface area contributed by atoms with Crippen molar-refractivity contribution in [3.63, 3.8) is 0 Å². The van der Waals surface area contributed by atoms with Crippen molar-refractivity contribution in [3.05, 3.63) is 11.8 Å². The van der Waals surface area contributed by atoms with E-state index in [2.05, 4.69) is 20.9 Å². The van der Waals surface area contributed by atoms with Gasteiger partial charge in [0, 0.05) is 44.3 Å². The zero-order valence-corrected chi connectivity index (χ0v) is 13.7. The Hall–Kier alpha value is -1.40. The maximum atomic E-state index is 5.99. The zero-order valence-electron chi connectivity index (χ0n) is 13.7. The second-order valence-corrected chi connectivity index (χ2v) is 7.58. The van der Waals surface area contributed by atoms with Gasteiger partial charge in [0.05, 0.1) is 5.69 Å². The molecule has 1 saturated carbocycles. The third kappa shape index (κ3) is 3.02. The average Bonchev–Trinajstić information content (AvgIpc) is 2.52. The molecule has 0 unspecified atom stereocenters. The highest BCUT2D eigenvalue weighted by Gasteiger charge is 2.38. The van der Waals surface area contributed by atoms with Gasteiger partial charge in [0.1, 0.15) is 5.82 Å². The maximum Gasteiger partial charge on any atom is 0.222 e. The molecule has 0 aromatic carbocycles. The molecule has 4 rings (SSSR count). The van der Waals surface area contributed by atoms with Crippen LogP contribution in [0.4, 0.5) is 11.8 Å². The predicted octanol–water partition coefficient (Wildman–Crippen LogP) is 1.66. The number of rotatable bonds is 2. The third-order valence-corrected chi connectivity index (χ3v) is 5.88. The lowest BCUT2D eigenvalue weighted by molar-refractivity contribution is 0.00746. The molecular formula is C17H27N5O. The van der Waals surface area contributed by atoms with Crippen molar-refractivity contribution in [3.8, 4) is 0 Å². The van der Waals surface area contributed by atoms with E-state index in [1.54, 1.807) is 0 Å². The average molecular weight is 317 g/mol. The minimum absolute atomic E-state index is 0.320. The first-order chi connectivity index (χ1) is 11.1. The molecule has 6 nitrogen and oxygen atoms in total. The summed E-state index contributed by atoms with van der Waals surface area (Å²) in [7, 11) is 0. The largest absolute Gasteiger partial charge is 0.381 e. The van der Waals surface area contributed by atoms with E-state index in [0.717, 1.165) is 63.5 Å². The number of anilines is 2. The molecule has 3 aliphatic rings. The number of hydrogen-bond donors (Lipinski definition) is 2. The summed E-state index contributed by atoms with van der Waals surface area (Å²) < 4.78 is 5.56. The number of aromatic nitrogens is 2. The first-order valence-electron chi connectivity index (χ1n) is 8.86. The fourth-order valence-electron chi connectivity index (χ4n) is 4.36. The van der Waals surface area contributed by atoms with Crippen molar-refractivity contribution < 1.29 is 4.74 Å². The topological polar surface area (TPSA) is 90.3 Å². The number of hydrogen-bond acceptors (Lipinski definition) is 6. The van der Waals surface area contributed by atoms with E-state index in [-0.39, 0.29) is 0 Å². The van der Waals surface area contributed by atoms with Crippen LogP contribution in [0.2, 0.25) is 0 Å². The van der Waals surface area contributed by atoms with Crippen LogP contribution in [-0.2, 0) is 4.74 Å². The van der Waals surface area contributed by atoms with Crippen LogP contribution >= 0.6 is 0 Å². The first-order valence-corrected chi connectivity index (χ1v) is 8.86. The third-order valence-electron chi connectivity index (χ3n) is 5.88. The molecule has 1 aromatic heterocycles. The van der Waals surface area contributed by atoms with E-state index < -0.39 is 0 Å². The van der Waals surface area contributed by atoms with Gasteiger partial charge in [-0.1, -0.05) is 0 Å². The van der Waals surface area contributed by atoms with Crippen LogP contribution in [0, 0.1) is 5.41 Å². The number of nitrogen functional groups attached to an aromatic ring is 1. The Labute approximate surface area is 137 Å². The van der Waals surface area contributed by atoms with Crippen molar-refractivity contribution in [1.82, 2.24) is 9.97 Å². The summed E-state index contributed by atoms with van der Waals surface area (Å²) in [6.07, 6.45) is 6.86. The molecule has 3 heterocycles. The minimum Gasteiger partial charge on any atom is -0.381 e. The van der Waals surface area contributed by atoms with Gasteiger partial charge in [-0.3, -0.25) is 0 Å². The van der Waals surface area contributed by atoms with Crippen LogP contribution in [0.3, 0.4) is 0 Å². The molecule has 2 aliphatic heterocycles. The summed E-state index contributed by atoms with van der Waals surface area (Å²) in [6, 6.07) is 2.46. The predicted molar refractivity (Wildman–Crippen MR) is 90.3 cm³/mol. The number of nitrogens with zero attached hydrogens (tertiary/aromatic N) is 3. The molecule has 0 radical (unpaired) electrons. The van der Waals surface area contributed by atoms with Gasteiger partial charge in [0.25, 0.3) is 0 Å². The summed E-state index contributed by atoms with van der Waals surface area (Å²) in [5.41, 5.74) is 13.4. The first kappa shape index (κ1) is 15.1. The molecule has 1 aromatic rings. The number of piperidine rings is 1. The van der Waals surface area contributed by atoms with Crippen molar-refractivity contribution in [2.24, 2.45) is 11.1 Å². The maximum absolute atomic E-state index is 5.99. The monoisotopic (exact) mass is 317 g/mol. The van der Waals surface area contributed by atoms with Gasteiger partial charge in [0.2, 0.25) is 5.95 Å². The van der Waals surface area contributed by atoms with Gasteiger partial charge in [0.15, 0.2) is 0 Å². The minimum atomic E-state index is 0.320. The highest BCUT2D eigenvalue weighted by atomic mass is 16.5. The molecule has 23 heavy (non-hydrogen) atoms.